The first kappa shape index (κ1) is 14.8. The van der Waals surface area contributed by atoms with Gasteiger partial charge in [0, 0.05) is 19.8 Å². The van der Waals surface area contributed by atoms with E-state index in [9.17, 15) is 4.79 Å². The van der Waals surface area contributed by atoms with Gasteiger partial charge in [0.15, 0.2) is 0 Å². The maximum atomic E-state index is 11.8. The smallest absolute Gasteiger partial charge is 0.252 e. The first-order valence-electron chi connectivity index (χ1n) is 7.28. The van der Waals surface area contributed by atoms with Crippen LogP contribution in [0.5, 0.6) is 0 Å². The van der Waals surface area contributed by atoms with E-state index in [0.29, 0.717) is 11.4 Å². The molecule has 1 aromatic heterocycles. The minimum absolute atomic E-state index is 0.360. The summed E-state index contributed by atoms with van der Waals surface area (Å²) < 4.78 is 0. The molecule has 5 heteroatoms. The molecule has 3 N–H and O–H groups in total. The van der Waals surface area contributed by atoms with Crippen LogP contribution >= 0.6 is 0 Å². The van der Waals surface area contributed by atoms with Gasteiger partial charge in [-0.1, -0.05) is 24.3 Å². The third kappa shape index (κ3) is 3.08. The predicted molar refractivity (Wildman–Crippen MR) is 93.9 cm³/mol. The minimum atomic E-state index is -0.513. The SMILES string of the molecule is CN(C)c1ccc(/C=C(\C(N)=O)c2nc3ccccc3[nH]2)cc1. The van der Waals surface area contributed by atoms with Gasteiger partial charge >= 0.3 is 0 Å². The molecule has 1 amide bonds. The van der Waals surface area contributed by atoms with Crippen LogP contribution in [0.3, 0.4) is 0 Å². The number of fused-ring (bicyclic) bond motifs is 1. The van der Waals surface area contributed by atoms with Crippen LogP contribution in [0.2, 0.25) is 0 Å². The number of rotatable bonds is 4. The van der Waals surface area contributed by atoms with Crippen LogP contribution in [0.15, 0.2) is 48.5 Å². The van der Waals surface area contributed by atoms with Gasteiger partial charge in [-0.05, 0) is 35.9 Å². The Kier molecular flexibility index (Phi) is 3.85. The van der Waals surface area contributed by atoms with Crippen molar-refractivity contribution >= 4 is 34.3 Å². The molecule has 3 rings (SSSR count). The second-order valence-corrected chi connectivity index (χ2v) is 5.51. The van der Waals surface area contributed by atoms with Crippen molar-refractivity contribution < 1.29 is 4.79 Å². The van der Waals surface area contributed by atoms with Crippen LogP contribution < -0.4 is 10.6 Å². The van der Waals surface area contributed by atoms with Gasteiger partial charge in [-0.15, -0.1) is 0 Å². The summed E-state index contributed by atoms with van der Waals surface area (Å²) in [5.41, 5.74) is 9.56. The number of nitrogens with two attached hydrogens (primary N) is 1. The van der Waals surface area contributed by atoms with Gasteiger partial charge in [-0.25, -0.2) is 4.98 Å². The molecule has 1 heterocycles. The van der Waals surface area contributed by atoms with Crippen LogP contribution in [0.1, 0.15) is 11.4 Å². The van der Waals surface area contributed by atoms with E-state index in [-0.39, 0.29) is 0 Å². The fourth-order valence-corrected chi connectivity index (χ4v) is 2.37. The summed E-state index contributed by atoms with van der Waals surface area (Å²) in [6.07, 6.45) is 1.75. The fourth-order valence-electron chi connectivity index (χ4n) is 2.37. The second kappa shape index (κ2) is 5.96. The lowest BCUT2D eigenvalue weighted by Gasteiger charge is -2.12. The van der Waals surface area contributed by atoms with Crippen molar-refractivity contribution in [3.05, 3.63) is 59.9 Å². The van der Waals surface area contributed by atoms with E-state index < -0.39 is 5.91 Å². The zero-order valence-corrected chi connectivity index (χ0v) is 13.1. The number of carbonyl (C=O) groups is 1. The lowest BCUT2D eigenvalue weighted by Crippen LogP contribution is -2.13. The topological polar surface area (TPSA) is 75.0 Å². The van der Waals surface area contributed by atoms with Crippen molar-refractivity contribution in [3.8, 4) is 0 Å². The molecule has 0 saturated heterocycles. The van der Waals surface area contributed by atoms with Crippen LogP contribution in [-0.2, 0) is 4.79 Å². The molecule has 5 nitrogen and oxygen atoms in total. The zero-order valence-electron chi connectivity index (χ0n) is 13.1. The normalized spacial score (nSPS) is 11.7. The monoisotopic (exact) mass is 306 g/mol. The summed E-state index contributed by atoms with van der Waals surface area (Å²) in [6.45, 7) is 0. The van der Waals surface area contributed by atoms with Gasteiger partial charge < -0.3 is 15.6 Å². The standard InChI is InChI=1S/C18H18N4O/c1-22(2)13-9-7-12(8-10-13)11-14(17(19)23)18-20-15-5-3-4-6-16(15)21-18/h3-11H,1-2H3,(H2,19,23)(H,20,21)/b14-11+. The van der Waals surface area contributed by atoms with Crippen molar-refractivity contribution in [3.63, 3.8) is 0 Å². The second-order valence-electron chi connectivity index (χ2n) is 5.51. The quantitative estimate of drug-likeness (QED) is 0.728. The fraction of sp³-hybridized carbons (Fsp3) is 0.111. The highest BCUT2D eigenvalue weighted by Crippen LogP contribution is 2.20. The molecule has 3 aromatic rings. The third-order valence-corrected chi connectivity index (χ3v) is 3.63. The van der Waals surface area contributed by atoms with Gasteiger partial charge in [0.25, 0.3) is 5.91 Å². The van der Waals surface area contributed by atoms with Crippen LogP contribution in [0.25, 0.3) is 22.7 Å². The number of anilines is 1. The largest absolute Gasteiger partial charge is 0.378 e. The number of amides is 1. The molecular weight excluding hydrogens is 288 g/mol. The van der Waals surface area contributed by atoms with E-state index >= 15 is 0 Å². The Morgan fingerprint density at radius 3 is 2.43 bits per heavy atom. The Balaban J connectivity index is 2.02. The molecule has 0 radical (unpaired) electrons. The van der Waals surface area contributed by atoms with Crippen molar-refractivity contribution in [2.24, 2.45) is 5.73 Å². The highest BCUT2D eigenvalue weighted by molar-refractivity contribution is 6.22. The Labute approximate surface area is 134 Å². The molecule has 0 unspecified atom stereocenters. The van der Waals surface area contributed by atoms with Gasteiger partial charge in [0.05, 0.1) is 16.6 Å². The van der Waals surface area contributed by atoms with Gasteiger partial charge in [0.2, 0.25) is 0 Å². The van der Waals surface area contributed by atoms with E-state index in [1.165, 1.54) is 0 Å². The number of imidazole rings is 1. The van der Waals surface area contributed by atoms with Crippen LogP contribution in [0.4, 0.5) is 5.69 Å². The van der Waals surface area contributed by atoms with Gasteiger partial charge in [-0.3, -0.25) is 4.79 Å². The summed E-state index contributed by atoms with van der Waals surface area (Å²) >= 11 is 0. The average molecular weight is 306 g/mol. The molecule has 0 bridgehead atoms. The van der Waals surface area contributed by atoms with Crippen LogP contribution in [-0.4, -0.2) is 30.0 Å². The van der Waals surface area contributed by atoms with Gasteiger partial charge in [0.1, 0.15) is 5.82 Å². The first-order chi connectivity index (χ1) is 11.0. The number of hydrogen-bond donors (Lipinski definition) is 2. The molecule has 0 spiro atoms. The van der Waals surface area contributed by atoms with Crippen molar-refractivity contribution in [2.45, 2.75) is 0 Å². The highest BCUT2D eigenvalue weighted by atomic mass is 16.1. The summed E-state index contributed by atoms with van der Waals surface area (Å²) in [4.78, 5) is 21.4. The Hall–Kier alpha value is -3.08. The lowest BCUT2D eigenvalue weighted by atomic mass is 10.1. The molecule has 2 aromatic carbocycles. The van der Waals surface area contributed by atoms with E-state index in [2.05, 4.69) is 9.97 Å². The number of nitrogens with zero attached hydrogens (tertiary/aromatic N) is 2. The summed E-state index contributed by atoms with van der Waals surface area (Å²) in [5, 5.41) is 0. The number of H-pyrrole nitrogens is 1. The van der Waals surface area contributed by atoms with E-state index in [1.54, 1.807) is 6.08 Å². The number of carbonyl (C=O) groups excluding carboxylic acids is 1. The van der Waals surface area contributed by atoms with Crippen molar-refractivity contribution in [1.82, 2.24) is 9.97 Å². The highest BCUT2D eigenvalue weighted by Gasteiger charge is 2.13. The predicted octanol–water partition coefficient (Wildman–Crippen LogP) is 2.65. The zero-order chi connectivity index (χ0) is 16.4. The number of nitrogens with one attached hydrogen (secondary N) is 1. The number of para-hydroxylation sites is 2. The number of aromatic amines is 1. The molecule has 0 saturated carbocycles. The lowest BCUT2D eigenvalue weighted by molar-refractivity contribution is -0.112. The minimum Gasteiger partial charge on any atom is -0.378 e. The molecule has 0 aliphatic rings. The maximum Gasteiger partial charge on any atom is 0.252 e. The Morgan fingerprint density at radius 2 is 1.83 bits per heavy atom. The number of aromatic nitrogens is 2. The number of benzene rings is 2. The maximum absolute atomic E-state index is 11.8. The van der Waals surface area contributed by atoms with Crippen LogP contribution in [0, 0.1) is 0 Å². The first-order valence-corrected chi connectivity index (χ1v) is 7.28. The number of primary amides is 1. The van der Waals surface area contributed by atoms with Crippen molar-refractivity contribution in [2.75, 3.05) is 19.0 Å². The van der Waals surface area contributed by atoms with Gasteiger partial charge in [-0.2, -0.15) is 0 Å². The number of hydrogen-bond acceptors (Lipinski definition) is 3. The molecule has 116 valence electrons. The summed E-state index contributed by atoms with van der Waals surface area (Å²) in [5.74, 6) is -0.0314. The molecule has 23 heavy (non-hydrogen) atoms. The third-order valence-electron chi connectivity index (χ3n) is 3.63. The molecule has 0 aliphatic carbocycles. The molecule has 0 atom stereocenters. The Bertz CT molecular complexity index is 842. The average Bonchev–Trinajstić information content (AvgIpc) is 2.96. The van der Waals surface area contributed by atoms with Crippen molar-refractivity contribution in [1.29, 1.82) is 0 Å². The molecule has 0 fully saturated rings. The Morgan fingerprint density at radius 1 is 1.13 bits per heavy atom. The van der Waals surface area contributed by atoms with E-state index in [0.717, 1.165) is 22.3 Å². The molecule has 0 aliphatic heterocycles. The van der Waals surface area contributed by atoms with E-state index in [4.69, 9.17) is 5.73 Å². The van der Waals surface area contributed by atoms with E-state index in [1.807, 2.05) is 67.5 Å². The summed E-state index contributed by atoms with van der Waals surface area (Å²) in [6, 6.07) is 15.5. The molecular formula is C18H18N4O. The summed E-state index contributed by atoms with van der Waals surface area (Å²) in [7, 11) is 3.96.